The number of aromatic nitrogens is 4. The lowest BCUT2D eigenvalue weighted by Crippen LogP contribution is -2.36. The summed E-state index contributed by atoms with van der Waals surface area (Å²) in [4.78, 5) is 14.7. The van der Waals surface area contributed by atoms with E-state index in [0.29, 0.717) is 10.9 Å². The number of methoxy groups -OCH3 is 1. The Labute approximate surface area is 184 Å². The first-order valence-corrected chi connectivity index (χ1v) is 10.9. The number of ether oxygens (including phenoxy) is 2. The van der Waals surface area contributed by atoms with Gasteiger partial charge in [-0.15, -0.1) is 5.10 Å². The Kier molecular flexibility index (Phi) is 6.68. The van der Waals surface area contributed by atoms with Gasteiger partial charge in [-0.25, -0.2) is 0 Å². The van der Waals surface area contributed by atoms with Gasteiger partial charge in [0.2, 0.25) is 11.1 Å². The first-order chi connectivity index (χ1) is 15.1. The van der Waals surface area contributed by atoms with Crippen molar-refractivity contribution in [3.8, 4) is 11.4 Å². The third-order valence-electron chi connectivity index (χ3n) is 4.86. The highest BCUT2D eigenvalue weighted by molar-refractivity contribution is 7.99. The molecular weight excluding hydrogens is 416 g/mol. The van der Waals surface area contributed by atoms with Crippen molar-refractivity contribution >= 4 is 29.0 Å². The molecule has 1 N–H and O–H groups in total. The molecule has 1 fully saturated rings. The minimum atomic E-state index is -0.130. The predicted octanol–water partition coefficient (Wildman–Crippen LogP) is 2.55. The van der Waals surface area contributed by atoms with Gasteiger partial charge in [-0.2, -0.15) is 4.68 Å². The van der Waals surface area contributed by atoms with Crippen LogP contribution in [-0.4, -0.2) is 65.3 Å². The maximum Gasteiger partial charge on any atom is 0.234 e. The average Bonchev–Trinajstić information content (AvgIpc) is 3.27. The standard InChI is InChI=1S/C21H24N6O3S/c1-15-3-8-19(29-2)18(13-15)27-21(23-24-25-27)31-14-20(28)22-16-4-6-17(7-5-16)26-9-11-30-12-10-26/h3-8,13H,9-12,14H2,1-2H3,(H,22,28). The van der Waals surface area contributed by atoms with E-state index >= 15 is 0 Å². The summed E-state index contributed by atoms with van der Waals surface area (Å²) in [6.07, 6.45) is 0. The van der Waals surface area contributed by atoms with Crippen molar-refractivity contribution < 1.29 is 14.3 Å². The van der Waals surface area contributed by atoms with Gasteiger partial charge in [0.05, 0.1) is 26.1 Å². The van der Waals surface area contributed by atoms with E-state index in [1.54, 1.807) is 11.8 Å². The normalized spacial score (nSPS) is 13.8. The number of hydrogen-bond donors (Lipinski definition) is 1. The molecule has 1 saturated heterocycles. The summed E-state index contributed by atoms with van der Waals surface area (Å²) in [5, 5.41) is 15.3. The third kappa shape index (κ3) is 5.15. The molecule has 162 valence electrons. The fraction of sp³-hybridized carbons (Fsp3) is 0.333. The van der Waals surface area contributed by atoms with Gasteiger partial charge in [0.15, 0.2) is 0 Å². The van der Waals surface area contributed by atoms with E-state index in [9.17, 15) is 4.79 Å². The summed E-state index contributed by atoms with van der Waals surface area (Å²) in [6.45, 7) is 5.22. The summed E-state index contributed by atoms with van der Waals surface area (Å²) in [5.74, 6) is 0.708. The Bertz CT molecular complexity index is 1030. The van der Waals surface area contributed by atoms with Crippen molar-refractivity contribution in [2.24, 2.45) is 0 Å². The number of tetrazole rings is 1. The number of benzene rings is 2. The van der Waals surface area contributed by atoms with Crippen molar-refractivity contribution in [3.05, 3.63) is 48.0 Å². The van der Waals surface area contributed by atoms with Crippen LogP contribution in [0.2, 0.25) is 0 Å². The van der Waals surface area contributed by atoms with Gasteiger partial charge in [0.1, 0.15) is 11.4 Å². The lowest BCUT2D eigenvalue weighted by molar-refractivity contribution is -0.113. The summed E-state index contributed by atoms with van der Waals surface area (Å²) in [6, 6.07) is 13.6. The molecule has 0 saturated carbocycles. The van der Waals surface area contributed by atoms with E-state index in [1.165, 1.54) is 11.8 Å². The molecule has 0 aliphatic carbocycles. The van der Waals surface area contributed by atoms with Gasteiger partial charge in [-0.05, 0) is 59.3 Å². The molecule has 1 aliphatic rings. The molecule has 9 nitrogen and oxygen atoms in total. The number of carbonyl (C=O) groups excluding carboxylic acids is 1. The first-order valence-electron chi connectivity index (χ1n) is 9.93. The molecule has 2 aromatic carbocycles. The topological polar surface area (TPSA) is 94.4 Å². The molecule has 0 atom stereocenters. The van der Waals surface area contributed by atoms with Crippen LogP contribution in [0.15, 0.2) is 47.6 Å². The van der Waals surface area contributed by atoms with Crippen LogP contribution in [0.25, 0.3) is 5.69 Å². The van der Waals surface area contributed by atoms with Crippen molar-refractivity contribution in [2.45, 2.75) is 12.1 Å². The second-order valence-electron chi connectivity index (χ2n) is 7.03. The van der Waals surface area contributed by atoms with Gasteiger partial charge in [-0.1, -0.05) is 17.8 Å². The van der Waals surface area contributed by atoms with E-state index in [-0.39, 0.29) is 11.7 Å². The van der Waals surface area contributed by atoms with Gasteiger partial charge in [-0.3, -0.25) is 4.79 Å². The maximum absolute atomic E-state index is 12.5. The number of hydrogen-bond acceptors (Lipinski definition) is 8. The minimum absolute atomic E-state index is 0.130. The van der Waals surface area contributed by atoms with Crippen LogP contribution < -0.4 is 15.0 Å². The average molecular weight is 441 g/mol. The van der Waals surface area contributed by atoms with E-state index in [2.05, 4.69) is 25.7 Å². The monoisotopic (exact) mass is 440 g/mol. The number of morpholine rings is 1. The van der Waals surface area contributed by atoms with Crippen LogP contribution >= 0.6 is 11.8 Å². The SMILES string of the molecule is COc1ccc(C)cc1-n1nnnc1SCC(=O)Nc1ccc(N2CCOCC2)cc1. The van der Waals surface area contributed by atoms with Crippen LogP contribution in [0.5, 0.6) is 5.75 Å². The smallest absolute Gasteiger partial charge is 0.234 e. The Morgan fingerprint density at radius 2 is 1.97 bits per heavy atom. The molecule has 31 heavy (non-hydrogen) atoms. The molecular formula is C21H24N6O3S. The van der Waals surface area contributed by atoms with Crippen molar-refractivity contribution in [1.29, 1.82) is 0 Å². The minimum Gasteiger partial charge on any atom is -0.494 e. The summed E-state index contributed by atoms with van der Waals surface area (Å²) in [5.41, 5.74) is 3.67. The number of nitrogens with zero attached hydrogens (tertiary/aromatic N) is 5. The highest BCUT2D eigenvalue weighted by Crippen LogP contribution is 2.27. The Hall–Kier alpha value is -3.11. The molecule has 0 spiro atoms. The molecule has 3 aromatic rings. The quantitative estimate of drug-likeness (QED) is 0.560. The van der Waals surface area contributed by atoms with Crippen LogP contribution in [0.4, 0.5) is 11.4 Å². The van der Waals surface area contributed by atoms with Crippen LogP contribution in [-0.2, 0) is 9.53 Å². The third-order valence-corrected chi connectivity index (χ3v) is 5.78. The highest BCUT2D eigenvalue weighted by Gasteiger charge is 2.16. The zero-order valence-corrected chi connectivity index (χ0v) is 18.3. The molecule has 10 heteroatoms. The zero-order valence-electron chi connectivity index (χ0n) is 17.4. The lowest BCUT2D eigenvalue weighted by atomic mass is 10.2. The number of anilines is 2. The van der Waals surface area contributed by atoms with Crippen LogP contribution in [0, 0.1) is 6.92 Å². The molecule has 2 heterocycles. The van der Waals surface area contributed by atoms with E-state index in [4.69, 9.17) is 9.47 Å². The fourth-order valence-corrected chi connectivity index (χ4v) is 3.97. The first kappa shape index (κ1) is 21.1. The number of thioether (sulfide) groups is 1. The predicted molar refractivity (Wildman–Crippen MR) is 119 cm³/mol. The highest BCUT2D eigenvalue weighted by atomic mass is 32.2. The molecule has 1 amide bonds. The summed E-state index contributed by atoms with van der Waals surface area (Å²) >= 11 is 1.26. The number of nitrogens with one attached hydrogen (secondary N) is 1. The number of carbonyl (C=O) groups is 1. The van der Waals surface area contributed by atoms with E-state index in [0.717, 1.165) is 48.9 Å². The van der Waals surface area contributed by atoms with Crippen molar-refractivity contribution in [3.63, 3.8) is 0 Å². The number of aryl methyl sites for hydroxylation is 1. The summed E-state index contributed by atoms with van der Waals surface area (Å²) in [7, 11) is 1.60. The Balaban J connectivity index is 1.37. The molecule has 4 rings (SSSR count). The zero-order chi connectivity index (χ0) is 21.6. The maximum atomic E-state index is 12.5. The Morgan fingerprint density at radius 3 is 2.71 bits per heavy atom. The molecule has 1 aliphatic heterocycles. The molecule has 0 bridgehead atoms. The molecule has 1 aromatic heterocycles. The Morgan fingerprint density at radius 1 is 1.19 bits per heavy atom. The molecule has 0 unspecified atom stereocenters. The largest absolute Gasteiger partial charge is 0.494 e. The number of rotatable bonds is 7. The second-order valence-corrected chi connectivity index (χ2v) is 7.97. The van der Waals surface area contributed by atoms with Crippen molar-refractivity contribution in [2.75, 3.05) is 49.4 Å². The summed E-state index contributed by atoms with van der Waals surface area (Å²) < 4.78 is 12.4. The van der Waals surface area contributed by atoms with Gasteiger partial charge in [0.25, 0.3) is 0 Å². The van der Waals surface area contributed by atoms with Crippen molar-refractivity contribution in [1.82, 2.24) is 20.2 Å². The van der Waals surface area contributed by atoms with Crippen LogP contribution in [0.1, 0.15) is 5.56 Å². The van der Waals surface area contributed by atoms with Gasteiger partial charge >= 0.3 is 0 Å². The van der Waals surface area contributed by atoms with Gasteiger partial charge < -0.3 is 19.7 Å². The van der Waals surface area contributed by atoms with Crippen LogP contribution in [0.3, 0.4) is 0 Å². The second kappa shape index (κ2) is 9.80. The lowest BCUT2D eigenvalue weighted by Gasteiger charge is -2.28. The fourth-order valence-electron chi connectivity index (χ4n) is 3.29. The molecule has 0 radical (unpaired) electrons. The van der Waals surface area contributed by atoms with E-state index < -0.39 is 0 Å². The van der Waals surface area contributed by atoms with Gasteiger partial charge in [0, 0.05) is 24.5 Å². The number of amides is 1. The van der Waals surface area contributed by atoms with E-state index in [1.807, 2.05) is 49.4 Å².